The fourth-order valence-electron chi connectivity index (χ4n) is 3.74. The van der Waals surface area contributed by atoms with E-state index >= 15 is 0 Å². The second-order valence-corrected chi connectivity index (χ2v) is 12.3. The van der Waals surface area contributed by atoms with Crippen LogP contribution in [0, 0.1) is 0 Å². The molecule has 13 heteroatoms. The lowest BCUT2D eigenvalue weighted by atomic mass is 10.1. The Hall–Kier alpha value is -3.31. The van der Waals surface area contributed by atoms with E-state index < -0.39 is 35.7 Å². The van der Waals surface area contributed by atoms with Crippen LogP contribution in [0.4, 0.5) is 8.78 Å². The van der Waals surface area contributed by atoms with Gasteiger partial charge >= 0.3 is 13.8 Å². The van der Waals surface area contributed by atoms with Gasteiger partial charge in [0.25, 0.3) is 0 Å². The van der Waals surface area contributed by atoms with Crippen molar-refractivity contribution >= 4 is 23.5 Å². The van der Waals surface area contributed by atoms with Gasteiger partial charge in [0.05, 0.1) is 12.0 Å². The van der Waals surface area contributed by atoms with Gasteiger partial charge in [-0.3, -0.25) is 4.79 Å². The standard InChI is InChI=1S/C27H31F2N2O7PS/c1-37-22-14-16-24(17-15-22)40(35,36)31-25(26(32)30-18-6-5-9-20-7-3-2-4-8-20)19-21-10-12-23(13-11-21)38-39(33,34)27(28)29/h2-4,7-8,10-17,25,27,31H,5-6,9,18-19H2,1H3,(H,30,32)(H,33,34)/t25-/m0/s1. The highest BCUT2D eigenvalue weighted by Gasteiger charge is 2.34. The smallest absolute Gasteiger partial charge is 0.442 e. The maximum atomic E-state index is 13.1. The number of nitrogens with one attached hydrogen (secondary N) is 2. The monoisotopic (exact) mass is 596 g/mol. The van der Waals surface area contributed by atoms with E-state index in [9.17, 15) is 31.5 Å². The van der Waals surface area contributed by atoms with Gasteiger partial charge < -0.3 is 19.5 Å². The Labute approximate surface area is 232 Å². The van der Waals surface area contributed by atoms with Crippen LogP contribution in [-0.2, 0) is 32.2 Å². The molecule has 3 N–H and O–H groups in total. The number of sulfonamides is 1. The summed E-state index contributed by atoms with van der Waals surface area (Å²) in [6.07, 6.45) is -1.32. The van der Waals surface area contributed by atoms with E-state index in [4.69, 9.17) is 4.74 Å². The van der Waals surface area contributed by atoms with Crippen LogP contribution in [0.1, 0.15) is 24.0 Å². The average Bonchev–Trinajstić information content (AvgIpc) is 2.93. The van der Waals surface area contributed by atoms with Crippen molar-refractivity contribution in [3.05, 3.63) is 90.0 Å². The number of hydrogen-bond donors (Lipinski definition) is 3. The lowest BCUT2D eigenvalue weighted by Crippen LogP contribution is -2.48. The Morgan fingerprint density at radius 1 is 0.925 bits per heavy atom. The topological polar surface area (TPSA) is 131 Å². The molecule has 1 unspecified atom stereocenters. The molecule has 0 spiro atoms. The lowest BCUT2D eigenvalue weighted by molar-refractivity contribution is -0.122. The van der Waals surface area contributed by atoms with Gasteiger partial charge in [-0.25, -0.2) is 13.0 Å². The fourth-order valence-corrected chi connectivity index (χ4v) is 5.44. The predicted molar refractivity (Wildman–Crippen MR) is 146 cm³/mol. The van der Waals surface area contributed by atoms with E-state index in [0.717, 1.165) is 12.8 Å². The number of hydrogen-bond acceptors (Lipinski definition) is 6. The third-order valence-electron chi connectivity index (χ3n) is 5.86. The molecule has 216 valence electrons. The summed E-state index contributed by atoms with van der Waals surface area (Å²) < 4.78 is 74.9. The molecule has 0 heterocycles. The Balaban J connectivity index is 1.69. The molecule has 40 heavy (non-hydrogen) atoms. The summed E-state index contributed by atoms with van der Waals surface area (Å²) >= 11 is 0. The maximum absolute atomic E-state index is 13.1. The number of unbranched alkanes of at least 4 members (excludes halogenated alkanes) is 1. The molecular formula is C27H31F2N2O7PS. The van der Waals surface area contributed by atoms with Crippen LogP contribution in [0.5, 0.6) is 11.5 Å². The molecule has 0 aliphatic carbocycles. The minimum absolute atomic E-state index is 0.0663. The van der Waals surface area contributed by atoms with Crippen LogP contribution in [0.25, 0.3) is 0 Å². The summed E-state index contributed by atoms with van der Waals surface area (Å²) in [5.74, 6) is -0.354. The fraction of sp³-hybridized carbons (Fsp3) is 0.296. The SMILES string of the molecule is COc1ccc(S(=O)(=O)N[C@@H](Cc2ccc(OP(=O)(O)C(F)F)cc2)C(=O)NCCCCc2ccccc2)cc1. The van der Waals surface area contributed by atoms with Gasteiger partial charge in [0.2, 0.25) is 15.9 Å². The first-order valence-corrected chi connectivity index (χ1v) is 15.5. The molecule has 0 aliphatic heterocycles. The normalized spacial score (nSPS) is 13.8. The Morgan fingerprint density at radius 3 is 2.15 bits per heavy atom. The van der Waals surface area contributed by atoms with Crippen molar-refractivity contribution in [3.8, 4) is 11.5 Å². The maximum Gasteiger partial charge on any atom is 0.442 e. The van der Waals surface area contributed by atoms with Crippen molar-refractivity contribution < 1.29 is 40.7 Å². The first-order valence-electron chi connectivity index (χ1n) is 12.4. The van der Waals surface area contributed by atoms with Crippen molar-refractivity contribution in [2.75, 3.05) is 13.7 Å². The van der Waals surface area contributed by atoms with Crippen molar-refractivity contribution in [2.24, 2.45) is 0 Å². The number of benzene rings is 3. The zero-order valence-electron chi connectivity index (χ0n) is 21.7. The number of ether oxygens (including phenoxy) is 1. The molecular weight excluding hydrogens is 565 g/mol. The summed E-state index contributed by atoms with van der Waals surface area (Å²) in [5.41, 5.74) is 1.64. The van der Waals surface area contributed by atoms with Crippen LogP contribution in [0.3, 0.4) is 0 Å². The van der Waals surface area contributed by atoms with Crippen LogP contribution < -0.4 is 19.3 Å². The molecule has 3 aromatic carbocycles. The average molecular weight is 597 g/mol. The Kier molecular flexibility index (Phi) is 11.2. The van der Waals surface area contributed by atoms with Gasteiger partial charge in [0.1, 0.15) is 17.5 Å². The highest BCUT2D eigenvalue weighted by atomic mass is 32.2. The third kappa shape index (κ3) is 9.41. The van der Waals surface area contributed by atoms with E-state index in [2.05, 4.69) is 14.6 Å². The second kappa shape index (κ2) is 14.4. The van der Waals surface area contributed by atoms with E-state index in [1.807, 2.05) is 30.3 Å². The van der Waals surface area contributed by atoms with Crippen LogP contribution in [-0.4, -0.2) is 45.1 Å². The van der Waals surface area contributed by atoms with Gasteiger partial charge in [-0.05, 0) is 73.2 Å². The summed E-state index contributed by atoms with van der Waals surface area (Å²) in [6.45, 7) is 0.332. The lowest BCUT2D eigenvalue weighted by Gasteiger charge is -2.19. The minimum Gasteiger partial charge on any atom is -0.497 e. The molecule has 0 aliphatic rings. The zero-order valence-corrected chi connectivity index (χ0v) is 23.4. The Morgan fingerprint density at radius 2 is 1.55 bits per heavy atom. The summed E-state index contributed by atoms with van der Waals surface area (Å²) in [6, 6.07) is 19.5. The first-order chi connectivity index (χ1) is 19.0. The number of carbonyl (C=O) groups excluding carboxylic acids is 1. The van der Waals surface area contributed by atoms with Gasteiger partial charge in [0.15, 0.2) is 0 Å². The van der Waals surface area contributed by atoms with Gasteiger partial charge in [-0.15, -0.1) is 0 Å². The Bertz CT molecular complexity index is 1390. The van der Waals surface area contributed by atoms with Gasteiger partial charge in [-0.1, -0.05) is 42.5 Å². The molecule has 2 atom stereocenters. The molecule has 3 aromatic rings. The molecule has 0 saturated heterocycles. The van der Waals surface area contributed by atoms with Crippen molar-refractivity contribution in [1.82, 2.24) is 10.0 Å². The number of methoxy groups -OCH3 is 1. The van der Waals surface area contributed by atoms with Gasteiger partial charge in [0, 0.05) is 6.54 Å². The van der Waals surface area contributed by atoms with Crippen LogP contribution >= 0.6 is 7.60 Å². The first kappa shape index (κ1) is 31.2. The zero-order chi connectivity index (χ0) is 29.2. The van der Waals surface area contributed by atoms with Crippen LogP contribution in [0.15, 0.2) is 83.8 Å². The molecule has 3 rings (SSSR count). The molecule has 0 fully saturated rings. The number of carbonyl (C=O) groups is 1. The number of halogens is 2. The summed E-state index contributed by atoms with van der Waals surface area (Å²) in [5, 5.41) is 2.77. The summed E-state index contributed by atoms with van der Waals surface area (Å²) in [4.78, 5) is 22.3. The molecule has 0 radical (unpaired) electrons. The minimum atomic E-state index is -5.15. The largest absolute Gasteiger partial charge is 0.497 e. The second-order valence-electron chi connectivity index (χ2n) is 8.86. The quantitative estimate of drug-likeness (QED) is 0.174. The molecule has 0 bridgehead atoms. The molecule has 1 amide bonds. The van der Waals surface area contributed by atoms with Crippen molar-refractivity contribution in [2.45, 2.75) is 42.8 Å². The van der Waals surface area contributed by atoms with Crippen molar-refractivity contribution in [3.63, 3.8) is 0 Å². The van der Waals surface area contributed by atoms with E-state index in [-0.39, 0.29) is 17.1 Å². The highest BCUT2D eigenvalue weighted by molar-refractivity contribution is 7.89. The highest BCUT2D eigenvalue weighted by Crippen LogP contribution is 2.48. The number of amides is 1. The van der Waals surface area contributed by atoms with E-state index in [1.165, 1.54) is 61.2 Å². The molecule has 0 saturated carbocycles. The molecule has 0 aromatic heterocycles. The van der Waals surface area contributed by atoms with Gasteiger partial charge in [-0.2, -0.15) is 13.5 Å². The van der Waals surface area contributed by atoms with Crippen molar-refractivity contribution in [1.29, 1.82) is 0 Å². The number of rotatable bonds is 15. The molecule has 9 nitrogen and oxygen atoms in total. The number of alkyl halides is 2. The summed E-state index contributed by atoms with van der Waals surface area (Å²) in [7, 11) is -7.81. The predicted octanol–water partition coefficient (Wildman–Crippen LogP) is 4.51. The van der Waals surface area contributed by atoms with E-state index in [1.54, 1.807) is 0 Å². The third-order valence-corrected chi connectivity index (χ3v) is 8.32. The van der Waals surface area contributed by atoms with E-state index in [0.29, 0.717) is 24.3 Å². The van der Waals surface area contributed by atoms with Crippen LogP contribution in [0.2, 0.25) is 0 Å². The number of aryl methyl sites for hydroxylation is 1.